The SMILES string of the molecule is CCCC(CNC(=O)C(N)C(=O)OCC)C(=O)O. The first-order valence-electron chi connectivity index (χ1n) is 5.86. The van der Waals surface area contributed by atoms with Crippen molar-refractivity contribution in [2.45, 2.75) is 32.7 Å². The number of carbonyl (C=O) groups is 3. The van der Waals surface area contributed by atoms with Crippen LogP contribution in [0.2, 0.25) is 0 Å². The van der Waals surface area contributed by atoms with Crippen molar-refractivity contribution in [1.82, 2.24) is 5.32 Å². The number of esters is 1. The van der Waals surface area contributed by atoms with E-state index in [1.165, 1.54) is 0 Å². The lowest BCUT2D eigenvalue weighted by Crippen LogP contribution is -2.48. The van der Waals surface area contributed by atoms with Crippen LogP contribution in [0.25, 0.3) is 0 Å². The summed E-state index contributed by atoms with van der Waals surface area (Å²) in [5, 5.41) is 11.2. The van der Waals surface area contributed by atoms with E-state index in [9.17, 15) is 14.4 Å². The van der Waals surface area contributed by atoms with Gasteiger partial charge in [0.15, 0.2) is 6.04 Å². The van der Waals surface area contributed by atoms with E-state index in [0.717, 1.165) is 0 Å². The summed E-state index contributed by atoms with van der Waals surface area (Å²) in [6, 6.07) is -1.42. The number of amides is 1. The molecule has 7 nitrogen and oxygen atoms in total. The molecule has 2 atom stereocenters. The fourth-order valence-corrected chi connectivity index (χ4v) is 1.33. The molecule has 0 radical (unpaired) electrons. The fourth-order valence-electron chi connectivity index (χ4n) is 1.33. The number of carboxylic acids is 1. The van der Waals surface area contributed by atoms with Crippen molar-refractivity contribution in [3.05, 3.63) is 0 Å². The lowest BCUT2D eigenvalue weighted by Gasteiger charge is -2.14. The molecule has 0 saturated heterocycles. The van der Waals surface area contributed by atoms with Crippen molar-refractivity contribution in [3.63, 3.8) is 0 Å². The first-order valence-corrected chi connectivity index (χ1v) is 5.86. The van der Waals surface area contributed by atoms with Crippen LogP contribution >= 0.6 is 0 Å². The lowest BCUT2D eigenvalue weighted by atomic mass is 10.0. The third-order valence-electron chi connectivity index (χ3n) is 2.33. The molecular formula is C11H20N2O5. The quantitative estimate of drug-likeness (QED) is 0.399. The Labute approximate surface area is 106 Å². The average molecular weight is 260 g/mol. The van der Waals surface area contributed by atoms with Gasteiger partial charge in [-0.15, -0.1) is 0 Å². The number of carboxylic acid groups (broad SMARTS) is 1. The summed E-state index contributed by atoms with van der Waals surface area (Å²) >= 11 is 0. The van der Waals surface area contributed by atoms with Gasteiger partial charge >= 0.3 is 11.9 Å². The Morgan fingerprint density at radius 2 is 1.94 bits per heavy atom. The van der Waals surface area contributed by atoms with Crippen LogP contribution in [-0.2, 0) is 19.1 Å². The third kappa shape index (κ3) is 5.62. The first-order chi connectivity index (χ1) is 8.43. The van der Waals surface area contributed by atoms with Gasteiger partial charge in [-0.05, 0) is 13.3 Å². The molecule has 0 aromatic rings. The van der Waals surface area contributed by atoms with E-state index >= 15 is 0 Å². The van der Waals surface area contributed by atoms with Gasteiger partial charge in [0.1, 0.15) is 0 Å². The van der Waals surface area contributed by atoms with Gasteiger partial charge in [-0.3, -0.25) is 9.59 Å². The van der Waals surface area contributed by atoms with Gasteiger partial charge in [0.25, 0.3) is 0 Å². The van der Waals surface area contributed by atoms with E-state index in [0.29, 0.717) is 12.8 Å². The molecule has 0 heterocycles. The van der Waals surface area contributed by atoms with Gasteiger partial charge in [-0.25, -0.2) is 4.79 Å². The molecule has 18 heavy (non-hydrogen) atoms. The lowest BCUT2D eigenvalue weighted by molar-refractivity contribution is -0.148. The Morgan fingerprint density at radius 3 is 2.39 bits per heavy atom. The number of rotatable bonds is 8. The Morgan fingerprint density at radius 1 is 1.33 bits per heavy atom. The molecule has 7 heteroatoms. The molecule has 4 N–H and O–H groups in total. The molecule has 0 aliphatic rings. The summed E-state index contributed by atoms with van der Waals surface area (Å²) in [6.45, 7) is 3.54. The zero-order valence-electron chi connectivity index (χ0n) is 10.6. The van der Waals surface area contributed by atoms with Gasteiger partial charge in [-0.1, -0.05) is 13.3 Å². The normalized spacial score (nSPS) is 13.5. The standard InChI is InChI=1S/C11H20N2O5/c1-3-5-7(10(15)16)6-13-9(14)8(12)11(17)18-4-2/h7-8H,3-6,12H2,1-2H3,(H,13,14)(H,15,16). The minimum Gasteiger partial charge on any atom is -0.481 e. The highest BCUT2D eigenvalue weighted by Crippen LogP contribution is 2.05. The molecule has 1 amide bonds. The second-order valence-corrected chi connectivity index (χ2v) is 3.80. The predicted molar refractivity (Wildman–Crippen MR) is 63.7 cm³/mol. The minimum atomic E-state index is -1.42. The van der Waals surface area contributed by atoms with E-state index < -0.39 is 29.8 Å². The third-order valence-corrected chi connectivity index (χ3v) is 2.33. The van der Waals surface area contributed by atoms with Crippen molar-refractivity contribution >= 4 is 17.8 Å². The maximum absolute atomic E-state index is 11.5. The molecule has 0 spiro atoms. The molecule has 0 saturated carbocycles. The molecule has 0 bridgehead atoms. The van der Waals surface area contributed by atoms with Crippen LogP contribution in [0.5, 0.6) is 0 Å². The molecular weight excluding hydrogens is 240 g/mol. The van der Waals surface area contributed by atoms with E-state index in [1.807, 2.05) is 6.92 Å². The van der Waals surface area contributed by atoms with Crippen molar-refractivity contribution in [3.8, 4) is 0 Å². The van der Waals surface area contributed by atoms with Gasteiger partial charge in [0, 0.05) is 6.54 Å². The van der Waals surface area contributed by atoms with Crippen LogP contribution in [0.4, 0.5) is 0 Å². The van der Waals surface area contributed by atoms with Crippen LogP contribution < -0.4 is 11.1 Å². The molecule has 0 aliphatic carbocycles. The van der Waals surface area contributed by atoms with Crippen LogP contribution in [-0.4, -0.2) is 42.1 Å². The van der Waals surface area contributed by atoms with Crippen molar-refractivity contribution in [2.75, 3.05) is 13.2 Å². The number of ether oxygens (including phenoxy) is 1. The fraction of sp³-hybridized carbons (Fsp3) is 0.727. The highest BCUT2D eigenvalue weighted by atomic mass is 16.5. The number of aliphatic carboxylic acids is 1. The largest absolute Gasteiger partial charge is 0.481 e. The molecule has 0 aromatic heterocycles. The van der Waals surface area contributed by atoms with E-state index in [1.54, 1.807) is 6.92 Å². The van der Waals surface area contributed by atoms with Crippen LogP contribution in [0.1, 0.15) is 26.7 Å². The number of nitrogens with two attached hydrogens (primary N) is 1. The van der Waals surface area contributed by atoms with Crippen molar-refractivity contribution in [1.29, 1.82) is 0 Å². The van der Waals surface area contributed by atoms with Crippen LogP contribution in [0, 0.1) is 5.92 Å². The summed E-state index contributed by atoms with van der Waals surface area (Å²) in [5.41, 5.74) is 5.35. The Kier molecular flexibility index (Phi) is 7.69. The first kappa shape index (κ1) is 16.4. The van der Waals surface area contributed by atoms with E-state index in [-0.39, 0.29) is 13.2 Å². The Hall–Kier alpha value is -1.63. The second-order valence-electron chi connectivity index (χ2n) is 3.80. The van der Waals surface area contributed by atoms with Gasteiger partial charge in [0.2, 0.25) is 5.91 Å². The number of carbonyl (C=O) groups excluding carboxylic acids is 2. The highest BCUT2D eigenvalue weighted by molar-refractivity contribution is 6.01. The van der Waals surface area contributed by atoms with Crippen molar-refractivity contribution < 1.29 is 24.2 Å². The Balaban J connectivity index is 4.22. The zero-order valence-corrected chi connectivity index (χ0v) is 10.6. The molecule has 0 aromatic carbocycles. The molecule has 0 rings (SSSR count). The summed E-state index contributed by atoms with van der Waals surface area (Å²) in [5.74, 6) is -3.21. The minimum absolute atomic E-state index is 0.0465. The summed E-state index contributed by atoms with van der Waals surface area (Å²) in [7, 11) is 0. The molecule has 0 aliphatic heterocycles. The maximum Gasteiger partial charge on any atom is 0.332 e. The van der Waals surface area contributed by atoms with Gasteiger partial charge in [-0.2, -0.15) is 0 Å². The maximum atomic E-state index is 11.5. The topological polar surface area (TPSA) is 119 Å². The Bertz CT molecular complexity index is 306. The highest BCUT2D eigenvalue weighted by Gasteiger charge is 2.25. The van der Waals surface area contributed by atoms with Crippen LogP contribution in [0.3, 0.4) is 0 Å². The smallest absolute Gasteiger partial charge is 0.332 e. The number of hydrogen-bond acceptors (Lipinski definition) is 5. The zero-order chi connectivity index (χ0) is 14.1. The van der Waals surface area contributed by atoms with E-state index in [4.69, 9.17) is 10.8 Å². The van der Waals surface area contributed by atoms with E-state index in [2.05, 4.69) is 10.1 Å². The number of hydrogen-bond donors (Lipinski definition) is 3. The van der Waals surface area contributed by atoms with Gasteiger partial charge in [0.05, 0.1) is 12.5 Å². The summed E-state index contributed by atoms with van der Waals surface area (Å²) in [6.07, 6.45) is 1.14. The average Bonchev–Trinajstić information content (AvgIpc) is 2.32. The number of nitrogens with one attached hydrogen (secondary N) is 1. The molecule has 104 valence electrons. The molecule has 2 unspecified atom stereocenters. The second kappa shape index (κ2) is 8.46. The van der Waals surface area contributed by atoms with Crippen molar-refractivity contribution in [2.24, 2.45) is 11.7 Å². The monoisotopic (exact) mass is 260 g/mol. The predicted octanol–water partition coefficient (Wildman–Crippen LogP) is -0.506. The molecule has 0 fully saturated rings. The van der Waals surface area contributed by atoms with Crippen LogP contribution in [0.15, 0.2) is 0 Å². The summed E-state index contributed by atoms with van der Waals surface area (Å²) in [4.78, 5) is 33.5. The van der Waals surface area contributed by atoms with Gasteiger partial charge < -0.3 is 20.9 Å². The summed E-state index contributed by atoms with van der Waals surface area (Å²) < 4.78 is 4.59.